The molecule has 0 atom stereocenters. The molecule has 2 spiro atoms. The van der Waals surface area contributed by atoms with Gasteiger partial charge in [0.05, 0.1) is 5.69 Å². The SMILES string of the molecule is c1ccc(N2c3cc4c(c5c3B(c3ccccc3N5c3ccccc3)c3ccc5c(c32)-c2ccccc2C52C3CCC2CC3)-c2ccccc2C42C3CCC2CC3)cc1. The largest absolute Gasteiger partial charge is 0.311 e. The van der Waals surface area contributed by atoms with E-state index in [0.29, 0.717) is 11.8 Å². The lowest BCUT2D eigenvalue weighted by atomic mass is 9.33. The summed E-state index contributed by atoms with van der Waals surface area (Å²) in [4.78, 5) is 5.46. The van der Waals surface area contributed by atoms with Gasteiger partial charge in [0.25, 0.3) is 6.71 Å². The first-order chi connectivity index (χ1) is 29.3. The molecule has 15 rings (SSSR count). The third-order valence-electron chi connectivity index (χ3n) is 17.5. The average molecular weight is 757 g/mol. The summed E-state index contributed by atoms with van der Waals surface area (Å²) in [6.45, 7) is 0.0924. The number of hydrogen-bond donors (Lipinski definition) is 0. The Kier molecular flexibility index (Phi) is 6.02. The maximum atomic E-state index is 2.78. The Balaban J connectivity index is 1.13. The molecule has 8 aliphatic rings. The lowest BCUT2D eigenvalue weighted by molar-refractivity contribution is 0.400. The summed E-state index contributed by atoms with van der Waals surface area (Å²) in [6.07, 6.45) is 10.7. The zero-order chi connectivity index (χ0) is 38.2. The predicted molar refractivity (Wildman–Crippen MR) is 244 cm³/mol. The van der Waals surface area contributed by atoms with Crippen LogP contribution in [0.25, 0.3) is 22.3 Å². The first-order valence-corrected chi connectivity index (χ1v) is 22.7. The number of para-hydroxylation sites is 3. The van der Waals surface area contributed by atoms with Gasteiger partial charge in [0.2, 0.25) is 0 Å². The Hall–Kier alpha value is -5.80. The van der Waals surface area contributed by atoms with Crippen molar-refractivity contribution in [1.82, 2.24) is 0 Å². The van der Waals surface area contributed by atoms with Crippen LogP contribution < -0.4 is 26.2 Å². The number of nitrogens with zero attached hydrogens (tertiary/aromatic N) is 2. The van der Waals surface area contributed by atoms with Crippen molar-refractivity contribution in [2.45, 2.75) is 62.2 Å². The number of rotatable bonds is 2. The van der Waals surface area contributed by atoms with E-state index in [2.05, 4.69) is 161 Å². The van der Waals surface area contributed by atoms with Crippen LogP contribution in [-0.4, -0.2) is 6.71 Å². The van der Waals surface area contributed by atoms with Gasteiger partial charge in [0.15, 0.2) is 0 Å². The highest BCUT2D eigenvalue weighted by atomic mass is 15.2. The summed E-state index contributed by atoms with van der Waals surface area (Å²) < 4.78 is 0. The Morgan fingerprint density at radius 1 is 0.390 bits per heavy atom. The molecule has 0 saturated heterocycles. The highest BCUT2D eigenvalue weighted by Gasteiger charge is 2.63. The number of hydrogen-bond acceptors (Lipinski definition) is 2. The highest BCUT2D eigenvalue weighted by molar-refractivity contribution is 7.00. The molecule has 0 N–H and O–H groups in total. The number of fused-ring (bicyclic) bond motifs is 12. The van der Waals surface area contributed by atoms with Gasteiger partial charge in [-0.2, -0.15) is 0 Å². The van der Waals surface area contributed by atoms with E-state index >= 15 is 0 Å². The maximum Gasteiger partial charge on any atom is 0.252 e. The van der Waals surface area contributed by atoms with Gasteiger partial charge >= 0.3 is 0 Å². The van der Waals surface area contributed by atoms with E-state index in [4.69, 9.17) is 0 Å². The van der Waals surface area contributed by atoms with Crippen molar-refractivity contribution in [3.8, 4) is 22.3 Å². The van der Waals surface area contributed by atoms with Crippen molar-refractivity contribution in [3.63, 3.8) is 0 Å². The van der Waals surface area contributed by atoms with Crippen LogP contribution in [0.2, 0.25) is 0 Å². The van der Waals surface area contributed by atoms with Gasteiger partial charge in [-0.05, 0) is 161 Å². The third kappa shape index (κ3) is 3.56. The van der Waals surface area contributed by atoms with Crippen LogP contribution in [-0.2, 0) is 10.8 Å². The molecule has 0 unspecified atom stereocenters. The van der Waals surface area contributed by atoms with Gasteiger partial charge in [-0.1, -0.05) is 115 Å². The van der Waals surface area contributed by atoms with E-state index < -0.39 is 0 Å². The average Bonchev–Trinajstić information content (AvgIpc) is 4.16. The summed E-state index contributed by atoms with van der Waals surface area (Å²) in [6, 6.07) is 59.5. The van der Waals surface area contributed by atoms with E-state index in [1.54, 1.807) is 22.3 Å². The highest BCUT2D eigenvalue weighted by Crippen LogP contribution is 2.72. The van der Waals surface area contributed by atoms with Crippen molar-refractivity contribution in [2.75, 3.05) is 9.80 Å². The normalized spacial score (nSPS) is 27.5. The standard InChI is InChI=1S/C56H45BN2/c1-3-13-38(14-4-1)58-48-22-12-11-21-46(48)57-47-32-31-44-50(40-17-7-9-19-42(40)55(44)34-23-24-35(55)26-25-34)53(47)59(39-15-5-2-6-16-39)49-33-45-51(54(58)52(49)57)41-18-8-10-20-43(41)56(45)36-27-28-37(56)30-29-36/h1-22,31-37H,23-30H2. The van der Waals surface area contributed by atoms with Crippen molar-refractivity contribution in [2.24, 2.45) is 23.7 Å². The summed E-state index contributed by atoms with van der Waals surface area (Å²) in [7, 11) is 0. The summed E-state index contributed by atoms with van der Waals surface area (Å²) in [5.41, 5.74) is 24.9. The van der Waals surface area contributed by atoms with Gasteiger partial charge in [-0.3, -0.25) is 0 Å². The van der Waals surface area contributed by atoms with Crippen molar-refractivity contribution >= 4 is 57.2 Å². The molecule has 4 fully saturated rings. The molecule has 6 aliphatic carbocycles. The first kappa shape index (κ1) is 32.1. The molecule has 4 bridgehead atoms. The fraction of sp³-hybridized carbons (Fsp3) is 0.250. The van der Waals surface area contributed by atoms with Gasteiger partial charge in [0.1, 0.15) is 0 Å². The molecular formula is C56H45BN2. The van der Waals surface area contributed by atoms with Crippen LogP contribution in [0.3, 0.4) is 0 Å². The van der Waals surface area contributed by atoms with E-state index in [1.807, 2.05) is 0 Å². The zero-order valence-electron chi connectivity index (χ0n) is 33.4. The van der Waals surface area contributed by atoms with Gasteiger partial charge in [0, 0.05) is 50.4 Å². The number of anilines is 6. The van der Waals surface area contributed by atoms with Crippen molar-refractivity contribution < 1.29 is 0 Å². The molecule has 4 saturated carbocycles. The van der Waals surface area contributed by atoms with Crippen molar-refractivity contribution in [1.29, 1.82) is 0 Å². The molecule has 282 valence electrons. The summed E-state index contributed by atoms with van der Waals surface area (Å²) in [5.74, 6) is 2.78. The quantitative estimate of drug-likeness (QED) is 0.162. The Morgan fingerprint density at radius 2 is 0.864 bits per heavy atom. The first-order valence-electron chi connectivity index (χ1n) is 22.7. The van der Waals surface area contributed by atoms with Crippen LogP contribution >= 0.6 is 0 Å². The Bertz CT molecular complexity index is 2930. The second-order valence-corrected chi connectivity index (χ2v) is 19.3. The molecular weight excluding hydrogens is 711 g/mol. The second-order valence-electron chi connectivity index (χ2n) is 19.3. The van der Waals surface area contributed by atoms with E-state index in [1.165, 1.54) is 124 Å². The van der Waals surface area contributed by atoms with Crippen LogP contribution in [0.1, 0.15) is 73.6 Å². The van der Waals surface area contributed by atoms with Crippen molar-refractivity contribution in [3.05, 3.63) is 174 Å². The molecule has 2 heterocycles. The van der Waals surface area contributed by atoms with Crippen LogP contribution in [0.15, 0.2) is 152 Å². The molecule has 0 aromatic heterocycles. The fourth-order valence-electron chi connectivity index (χ4n) is 15.9. The summed E-state index contributed by atoms with van der Waals surface area (Å²) in [5, 5.41) is 0. The maximum absolute atomic E-state index is 2.78. The molecule has 59 heavy (non-hydrogen) atoms. The smallest absolute Gasteiger partial charge is 0.252 e. The fourth-order valence-corrected chi connectivity index (χ4v) is 15.9. The van der Waals surface area contributed by atoms with Gasteiger partial charge in [-0.25, -0.2) is 0 Å². The monoisotopic (exact) mass is 756 g/mol. The van der Waals surface area contributed by atoms with Crippen LogP contribution in [0.5, 0.6) is 0 Å². The Labute approximate surface area is 347 Å². The van der Waals surface area contributed by atoms with E-state index in [9.17, 15) is 0 Å². The van der Waals surface area contributed by atoms with E-state index in [-0.39, 0.29) is 17.5 Å². The zero-order valence-corrected chi connectivity index (χ0v) is 33.4. The topological polar surface area (TPSA) is 6.48 Å². The molecule has 7 aromatic rings. The van der Waals surface area contributed by atoms with Gasteiger partial charge < -0.3 is 9.80 Å². The lowest BCUT2D eigenvalue weighted by Crippen LogP contribution is -2.61. The molecule has 0 radical (unpaired) electrons. The van der Waals surface area contributed by atoms with E-state index in [0.717, 1.165) is 11.8 Å². The molecule has 3 heteroatoms. The lowest BCUT2D eigenvalue weighted by Gasteiger charge is -2.46. The van der Waals surface area contributed by atoms with Crippen LogP contribution in [0, 0.1) is 23.7 Å². The molecule has 0 amide bonds. The predicted octanol–water partition coefficient (Wildman–Crippen LogP) is 11.9. The summed E-state index contributed by atoms with van der Waals surface area (Å²) >= 11 is 0. The molecule has 2 nitrogen and oxygen atoms in total. The minimum absolute atomic E-state index is 0.0489. The minimum atomic E-state index is 0.0489. The minimum Gasteiger partial charge on any atom is -0.311 e. The number of benzene rings is 7. The van der Waals surface area contributed by atoms with Crippen LogP contribution in [0.4, 0.5) is 34.1 Å². The Morgan fingerprint density at radius 3 is 1.46 bits per heavy atom. The molecule has 2 aliphatic heterocycles. The third-order valence-corrected chi connectivity index (χ3v) is 17.5. The second kappa shape index (κ2) is 11.1. The van der Waals surface area contributed by atoms with Gasteiger partial charge in [-0.15, -0.1) is 0 Å². The molecule has 7 aromatic carbocycles.